The predicted molar refractivity (Wildman–Crippen MR) is 81.9 cm³/mol. The van der Waals surface area contributed by atoms with Crippen molar-refractivity contribution in [2.24, 2.45) is 5.10 Å². The zero-order valence-electron chi connectivity index (χ0n) is 10.8. The molecule has 0 saturated heterocycles. The summed E-state index contributed by atoms with van der Waals surface area (Å²) in [6.45, 7) is 2.02. The number of hydrogen-bond donors (Lipinski definition) is 1. The van der Waals surface area contributed by atoms with Gasteiger partial charge in [-0.2, -0.15) is 9.49 Å². The number of hydrazone groups is 1. The summed E-state index contributed by atoms with van der Waals surface area (Å²) in [7, 11) is 0. The van der Waals surface area contributed by atoms with Crippen LogP contribution in [0.25, 0.3) is 0 Å². The first-order valence-electron chi connectivity index (χ1n) is 5.90. The summed E-state index contributed by atoms with van der Waals surface area (Å²) in [6.07, 6.45) is 1.43. The van der Waals surface area contributed by atoms with Crippen LogP contribution >= 0.6 is 23.1 Å². The fraction of sp³-hybridized carbons (Fsp3) is 0.143. The monoisotopic (exact) mass is 308 g/mol. The Morgan fingerprint density at radius 1 is 1.35 bits per heavy atom. The second-order valence-electron chi connectivity index (χ2n) is 4.04. The van der Waals surface area contributed by atoms with Crippen molar-refractivity contribution in [3.63, 3.8) is 0 Å². The highest BCUT2D eigenvalue weighted by atomic mass is 32.2. The van der Waals surface area contributed by atoms with Gasteiger partial charge in [-0.25, -0.2) is 5.43 Å². The molecule has 0 aliphatic carbocycles. The molecule has 3 nitrogen and oxygen atoms in total. The van der Waals surface area contributed by atoms with Gasteiger partial charge in [0.1, 0.15) is 0 Å². The van der Waals surface area contributed by atoms with E-state index in [4.69, 9.17) is 0 Å². The van der Waals surface area contributed by atoms with Crippen LogP contribution in [0.1, 0.15) is 10.4 Å². The molecule has 2 aromatic rings. The van der Waals surface area contributed by atoms with E-state index < -0.39 is 0 Å². The maximum atomic E-state index is 12.7. The van der Waals surface area contributed by atoms with Gasteiger partial charge >= 0.3 is 0 Å². The smallest absolute Gasteiger partial charge is 0.250 e. The molecule has 0 atom stereocenters. The summed E-state index contributed by atoms with van der Waals surface area (Å²) in [4.78, 5) is 13.3. The van der Waals surface area contributed by atoms with Crippen LogP contribution in [0.15, 0.2) is 46.4 Å². The maximum Gasteiger partial charge on any atom is 0.250 e. The average molecular weight is 308 g/mol. The molecule has 0 radical (unpaired) electrons. The minimum absolute atomic E-state index is 0.191. The first-order chi connectivity index (χ1) is 9.63. The van der Waals surface area contributed by atoms with E-state index in [1.807, 2.05) is 31.2 Å². The first kappa shape index (κ1) is 14.7. The van der Waals surface area contributed by atoms with Crippen LogP contribution in [0, 0.1) is 12.1 Å². The van der Waals surface area contributed by atoms with Gasteiger partial charge in [0.25, 0.3) is 0 Å². The number of hydrogen-bond acceptors (Lipinski definition) is 4. The molecular weight excluding hydrogens is 295 g/mol. The van der Waals surface area contributed by atoms with Crippen LogP contribution in [0.4, 0.5) is 4.39 Å². The van der Waals surface area contributed by atoms with Gasteiger partial charge in [-0.1, -0.05) is 17.7 Å². The summed E-state index contributed by atoms with van der Waals surface area (Å²) < 4.78 is 12.7. The van der Waals surface area contributed by atoms with Crippen LogP contribution in [0.5, 0.6) is 0 Å². The number of thioether (sulfide) groups is 1. The van der Waals surface area contributed by atoms with Gasteiger partial charge in [-0.05, 0) is 31.2 Å². The molecule has 0 spiro atoms. The van der Waals surface area contributed by atoms with E-state index in [-0.39, 0.29) is 11.0 Å². The van der Waals surface area contributed by atoms with Crippen LogP contribution in [0.3, 0.4) is 0 Å². The van der Waals surface area contributed by atoms with E-state index in [0.717, 1.165) is 16.2 Å². The van der Waals surface area contributed by atoms with Gasteiger partial charge in [-0.3, -0.25) is 4.79 Å². The lowest BCUT2D eigenvalue weighted by molar-refractivity contribution is -0.118. The van der Waals surface area contributed by atoms with E-state index in [9.17, 15) is 9.18 Å². The molecule has 6 heteroatoms. The number of nitrogens with one attached hydrogen (secondary N) is 1. The fourth-order valence-electron chi connectivity index (χ4n) is 1.38. The molecule has 0 unspecified atom stereocenters. The van der Waals surface area contributed by atoms with E-state index in [1.54, 1.807) is 6.07 Å². The summed E-state index contributed by atoms with van der Waals surface area (Å²) >= 11 is 2.42. The average Bonchev–Trinajstić information content (AvgIpc) is 2.84. The molecule has 0 saturated carbocycles. The molecule has 1 amide bonds. The lowest BCUT2D eigenvalue weighted by Gasteiger charge is -2.01. The number of carbonyl (C=O) groups excluding carboxylic acids is 1. The number of halogens is 1. The standard InChI is InChI=1S/C14H13FN2OS2/c1-10-2-4-11(5-3-10)19-9-14(18)17-16-8-12-6-7-13(15)20-12/h2-8H,9H2,1H3,(H,17,18). The van der Waals surface area contributed by atoms with Crippen LogP contribution in [-0.2, 0) is 4.79 Å². The molecule has 1 N–H and O–H groups in total. The molecular formula is C14H13FN2OS2. The minimum atomic E-state index is -0.271. The van der Waals surface area contributed by atoms with Crippen molar-refractivity contribution in [1.29, 1.82) is 0 Å². The topological polar surface area (TPSA) is 41.5 Å². The van der Waals surface area contributed by atoms with Crippen molar-refractivity contribution in [2.75, 3.05) is 5.75 Å². The Bertz CT molecular complexity index is 608. The normalized spacial score (nSPS) is 10.9. The van der Waals surface area contributed by atoms with E-state index in [0.29, 0.717) is 10.6 Å². The van der Waals surface area contributed by atoms with Crippen LogP contribution in [0.2, 0.25) is 0 Å². The number of aryl methyl sites for hydroxylation is 1. The Morgan fingerprint density at radius 3 is 2.75 bits per heavy atom. The quantitative estimate of drug-likeness (QED) is 0.522. The van der Waals surface area contributed by atoms with Crippen LogP contribution < -0.4 is 5.43 Å². The molecule has 1 heterocycles. The van der Waals surface area contributed by atoms with Crippen LogP contribution in [-0.4, -0.2) is 17.9 Å². The van der Waals surface area contributed by atoms with Crippen molar-refractivity contribution in [3.05, 3.63) is 52.0 Å². The number of rotatable bonds is 5. The van der Waals surface area contributed by atoms with E-state index in [2.05, 4.69) is 10.5 Å². The number of amides is 1. The highest BCUT2D eigenvalue weighted by Gasteiger charge is 2.01. The van der Waals surface area contributed by atoms with Crippen molar-refractivity contribution in [1.82, 2.24) is 5.43 Å². The molecule has 20 heavy (non-hydrogen) atoms. The number of thiophene rings is 1. The van der Waals surface area contributed by atoms with Crippen molar-refractivity contribution in [3.8, 4) is 0 Å². The third kappa shape index (κ3) is 4.79. The zero-order valence-corrected chi connectivity index (χ0v) is 12.4. The van der Waals surface area contributed by atoms with Gasteiger partial charge in [0.2, 0.25) is 5.91 Å². The lowest BCUT2D eigenvalue weighted by Crippen LogP contribution is -2.19. The van der Waals surface area contributed by atoms with Crippen molar-refractivity contribution < 1.29 is 9.18 Å². The summed E-state index contributed by atoms with van der Waals surface area (Å²) in [5, 5.41) is 3.52. The number of benzene rings is 1. The number of carbonyl (C=O) groups is 1. The Hall–Kier alpha value is -1.66. The molecule has 1 aromatic carbocycles. The third-order valence-electron chi connectivity index (χ3n) is 2.37. The van der Waals surface area contributed by atoms with E-state index >= 15 is 0 Å². The molecule has 0 aliphatic rings. The summed E-state index contributed by atoms with van der Waals surface area (Å²) in [5.74, 6) is 0.1000. The Morgan fingerprint density at radius 2 is 2.10 bits per heavy atom. The van der Waals surface area contributed by atoms with Crippen molar-refractivity contribution in [2.45, 2.75) is 11.8 Å². The van der Waals surface area contributed by atoms with Gasteiger partial charge < -0.3 is 0 Å². The molecule has 0 fully saturated rings. The fourth-order valence-corrected chi connectivity index (χ4v) is 2.67. The third-order valence-corrected chi connectivity index (χ3v) is 4.19. The highest BCUT2D eigenvalue weighted by Crippen LogP contribution is 2.17. The van der Waals surface area contributed by atoms with E-state index in [1.165, 1.54) is 29.6 Å². The summed E-state index contributed by atoms with van der Waals surface area (Å²) in [6, 6.07) is 10.9. The Balaban J connectivity index is 1.75. The number of nitrogens with zero attached hydrogens (tertiary/aromatic N) is 1. The van der Waals surface area contributed by atoms with Gasteiger partial charge in [0.05, 0.1) is 16.8 Å². The second-order valence-corrected chi connectivity index (χ2v) is 6.15. The predicted octanol–water partition coefficient (Wildman–Crippen LogP) is 3.44. The SMILES string of the molecule is Cc1ccc(SCC(=O)NN=Cc2ccc(F)s2)cc1. The maximum absolute atomic E-state index is 12.7. The molecule has 1 aromatic heterocycles. The van der Waals surface area contributed by atoms with Gasteiger partial charge in [0.15, 0.2) is 5.13 Å². The molecule has 0 aliphatic heterocycles. The zero-order chi connectivity index (χ0) is 14.4. The Kier molecular flexibility index (Phi) is 5.31. The molecule has 2 rings (SSSR count). The van der Waals surface area contributed by atoms with Gasteiger partial charge in [0, 0.05) is 4.90 Å². The highest BCUT2D eigenvalue weighted by molar-refractivity contribution is 8.00. The largest absolute Gasteiger partial charge is 0.272 e. The molecule has 104 valence electrons. The van der Waals surface area contributed by atoms with Crippen molar-refractivity contribution >= 4 is 35.2 Å². The second kappa shape index (κ2) is 7.21. The minimum Gasteiger partial charge on any atom is -0.272 e. The van der Waals surface area contributed by atoms with Gasteiger partial charge in [-0.15, -0.1) is 23.1 Å². The summed E-state index contributed by atoms with van der Waals surface area (Å²) in [5.41, 5.74) is 3.60. The Labute approximate surface area is 124 Å². The lowest BCUT2D eigenvalue weighted by atomic mass is 10.2. The first-order valence-corrected chi connectivity index (χ1v) is 7.70. The molecule has 0 bridgehead atoms.